The highest BCUT2D eigenvalue weighted by molar-refractivity contribution is 7.17. The number of hydrogen-bond acceptors (Lipinski definition) is 3. The van der Waals surface area contributed by atoms with Crippen LogP contribution in [0.25, 0.3) is 0 Å². The van der Waals surface area contributed by atoms with E-state index in [1.54, 1.807) is 0 Å². The summed E-state index contributed by atoms with van der Waals surface area (Å²) < 4.78 is 14.6. The average Bonchev–Trinajstić information content (AvgIpc) is 2.33. The van der Waals surface area contributed by atoms with Crippen molar-refractivity contribution >= 4 is 8.69 Å². The Bertz CT molecular complexity index is 123. The molecule has 10 heavy (non-hydrogen) atoms. The van der Waals surface area contributed by atoms with Crippen molar-refractivity contribution < 1.29 is 9.09 Å². The molecule has 1 aliphatic carbocycles. The molecule has 0 radical (unpaired) electrons. The van der Waals surface area contributed by atoms with E-state index in [0.29, 0.717) is 6.61 Å². The van der Waals surface area contributed by atoms with E-state index in [1.165, 1.54) is 12.8 Å². The number of nitrogens with two attached hydrogens (primary N) is 1. The zero-order chi connectivity index (χ0) is 7.45. The van der Waals surface area contributed by atoms with Gasteiger partial charge in [0.1, 0.15) is 0 Å². The van der Waals surface area contributed by atoms with Crippen molar-refractivity contribution in [2.45, 2.75) is 31.2 Å². The lowest BCUT2D eigenvalue weighted by Gasteiger charge is -2.20. The maximum Gasteiger partial charge on any atom is 0.327 e. The molecule has 0 aromatic rings. The van der Waals surface area contributed by atoms with Gasteiger partial charge in [-0.1, -0.05) is 12.8 Å². The van der Waals surface area contributed by atoms with Crippen LogP contribution in [0.5, 0.6) is 0 Å². The van der Waals surface area contributed by atoms with Crippen molar-refractivity contribution in [2.24, 2.45) is 5.73 Å². The standard InChI is InChI=1S/C6H12NO2P/c7-6(5-9-10-8)3-1-2-4-6/h1-5,7H2. The van der Waals surface area contributed by atoms with Gasteiger partial charge in [-0.05, 0) is 12.8 Å². The first-order valence-electron chi connectivity index (χ1n) is 3.50. The summed E-state index contributed by atoms with van der Waals surface area (Å²) in [5.41, 5.74) is 5.69. The summed E-state index contributed by atoms with van der Waals surface area (Å²) in [5, 5.41) is 0. The fraction of sp³-hybridized carbons (Fsp3) is 1.00. The van der Waals surface area contributed by atoms with Gasteiger partial charge in [-0.2, -0.15) is 0 Å². The van der Waals surface area contributed by atoms with E-state index in [4.69, 9.17) is 10.3 Å². The number of hydrogen-bond donors (Lipinski definition) is 1. The second kappa shape index (κ2) is 3.42. The second-order valence-electron chi connectivity index (χ2n) is 2.92. The van der Waals surface area contributed by atoms with Crippen LogP contribution >= 0.6 is 8.69 Å². The van der Waals surface area contributed by atoms with Crippen LogP contribution in [0.15, 0.2) is 0 Å². The summed E-state index contributed by atoms with van der Waals surface area (Å²) in [5.74, 6) is 0. The zero-order valence-electron chi connectivity index (χ0n) is 5.88. The molecule has 58 valence electrons. The van der Waals surface area contributed by atoms with Gasteiger partial charge in [-0.3, -0.25) is 4.52 Å². The molecule has 1 aliphatic rings. The van der Waals surface area contributed by atoms with E-state index in [-0.39, 0.29) is 14.2 Å². The van der Waals surface area contributed by atoms with Gasteiger partial charge >= 0.3 is 8.69 Å². The maximum atomic E-state index is 9.92. The van der Waals surface area contributed by atoms with Gasteiger partial charge in [0.05, 0.1) is 6.61 Å². The van der Waals surface area contributed by atoms with Crippen LogP contribution in [-0.2, 0) is 9.09 Å². The van der Waals surface area contributed by atoms with E-state index in [1.807, 2.05) is 0 Å². The third-order valence-corrected chi connectivity index (χ3v) is 2.24. The molecular formula is C6H12NO2P. The molecule has 0 bridgehead atoms. The van der Waals surface area contributed by atoms with Crippen LogP contribution in [0.2, 0.25) is 0 Å². The van der Waals surface area contributed by atoms with Gasteiger partial charge < -0.3 is 5.73 Å². The molecule has 0 spiro atoms. The third kappa shape index (κ3) is 2.01. The van der Waals surface area contributed by atoms with E-state index in [0.717, 1.165) is 12.8 Å². The highest BCUT2D eigenvalue weighted by atomic mass is 31.1. The molecule has 0 atom stereocenters. The molecule has 0 saturated heterocycles. The molecule has 0 unspecified atom stereocenters. The van der Waals surface area contributed by atoms with Crippen molar-refractivity contribution in [3.05, 3.63) is 0 Å². The summed E-state index contributed by atoms with van der Waals surface area (Å²) in [6, 6.07) is 0. The Balaban J connectivity index is 2.28. The van der Waals surface area contributed by atoms with Crippen LogP contribution in [0.3, 0.4) is 0 Å². The normalized spacial score (nSPS) is 23.7. The molecule has 4 heteroatoms. The lowest BCUT2D eigenvalue weighted by Crippen LogP contribution is -2.40. The Labute approximate surface area is 62.2 Å². The summed E-state index contributed by atoms with van der Waals surface area (Å²) in [6.07, 6.45) is 4.36. The molecular weight excluding hydrogens is 149 g/mol. The Morgan fingerprint density at radius 1 is 1.50 bits per heavy atom. The van der Waals surface area contributed by atoms with Crippen molar-refractivity contribution in [1.82, 2.24) is 0 Å². The van der Waals surface area contributed by atoms with Crippen molar-refractivity contribution in [3.8, 4) is 0 Å². The van der Waals surface area contributed by atoms with Gasteiger partial charge in [0.25, 0.3) is 0 Å². The lowest BCUT2D eigenvalue weighted by atomic mass is 10.0. The fourth-order valence-electron chi connectivity index (χ4n) is 1.38. The highest BCUT2D eigenvalue weighted by Gasteiger charge is 2.29. The Morgan fingerprint density at radius 2 is 2.10 bits per heavy atom. The summed E-state index contributed by atoms with van der Waals surface area (Å²) in [4.78, 5) is 0. The molecule has 1 fully saturated rings. The third-order valence-electron chi connectivity index (χ3n) is 2.00. The zero-order valence-corrected chi connectivity index (χ0v) is 6.77. The van der Waals surface area contributed by atoms with E-state index in [2.05, 4.69) is 0 Å². The predicted molar refractivity (Wildman–Crippen MR) is 38.9 cm³/mol. The van der Waals surface area contributed by atoms with E-state index < -0.39 is 0 Å². The quantitative estimate of drug-likeness (QED) is 0.638. The van der Waals surface area contributed by atoms with Crippen LogP contribution in [0.4, 0.5) is 0 Å². The number of rotatable bonds is 3. The highest BCUT2D eigenvalue weighted by Crippen LogP contribution is 2.27. The van der Waals surface area contributed by atoms with Crippen LogP contribution in [-0.4, -0.2) is 12.1 Å². The first kappa shape index (κ1) is 8.12. The van der Waals surface area contributed by atoms with Gasteiger partial charge in [-0.15, -0.1) is 0 Å². The maximum absolute atomic E-state index is 9.92. The van der Waals surface area contributed by atoms with Crippen molar-refractivity contribution in [3.63, 3.8) is 0 Å². The Hall–Kier alpha value is 0.0200. The molecule has 3 nitrogen and oxygen atoms in total. The SMILES string of the molecule is NC1(COP=O)CCCC1. The minimum atomic E-state index is -0.254. The fourth-order valence-corrected chi connectivity index (χ4v) is 1.69. The van der Waals surface area contributed by atoms with Crippen LogP contribution < -0.4 is 5.73 Å². The average molecular weight is 161 g/mol. The first-order valence-corrected chi connectivity index (χ1v) is 4.23. The monoisotopic (exact) mass is 161 g/mol. The van der Waals surface area contributed by atoms with E-state index >= 15 is 0 Å². The van der Waals surface area contributed by atoms with Crippen LogP contribution in [0, 0.1) is 0 Å². The second-order valence-corrected chi connectivity index (χ2v) is 3.32. The van der Waals surface area contributed by atoms with Gasteiger partial charge in [-0.25, -0.2) is 4.57 Å². The molecule has 0 aliphatic heterocycles. The molecule has 0 aromatic carbocycles. The molecule has 0 aromatic heterocycles. The van der Waals surface area contributed by atoms with E-state index in [9.17, 15) is 4.57 Å². The summed E-state index contributed by atoms with van der Waals surface area (Å²) >= 11 is 0. The molecule has 1 rings (SSSR count). The molecule has 2 N–H and O–H groups in total. The predicted octanol–water partition coefficient (Wildman–Crippen LogP) is 1.48. The molecule has 1 saturated carbocycles. The Kier molecular flexibility index (Phi) is 2.78. The van der Waals surface area contributed by atoms with Gasteiger partial charge in [0, 0.05) is 5.54 Å². The van der Waals surface area contributed by atoms with Gasteiger partial charge in [0.2, 0.25) is 0 Å². The lowest BCUT2D eigenvalue weighted by molar-refractivity contribution is 0.238. The summed E-state index contributed by atoms with van der Waals surface area (Å²) in [7, 11) is -0.254. The minimum absolute atomic E-state index is 0.183. The van der Waals surface area contributed by atoms with Crippen molar-refractivity contribution in [2.75, 3.05) is 6.61 Å². The van der Waals surface area contributed by atoms with Gasteiger partial charge in [0.15, 0.2) is 0 Å². The molecule has 0 heterocycles. The Morgan fingerprint density at radius 3 is 2.60 bits per heavy atom. The molecule has 0 amide bonds. The largest absolute Gasteiger partial charge is 0.327 e. The summed E-state index contributed by atoms with van der Waals surface area (Å²) in [6.45, 7) is 0.429. The first-order chi connectivity index (χ1) is 4.77. The topological polar surface area (TPSA) is 52.3 Å². The van der Waals surface area contributed by atoms with Crippen LogP contribution in [0.1, 0.15) is 25.7 Å². The smallest absolute Gasteiger partial charge is 0.323 e. The van der Waals surface area contributed by atoms with Crippen molar-refractivity contribution in [1.29, 1.82) is 0 Å². The minimum Gasteiger partial charge on any atom is -0.323 e.